The van der Waals surface area contributed by atoms with Gasteiger partial charge in [-0.25, -0.2) is 4.98 Å². The molecule has 1 fully saturated rings. The van der Waals surface area contributed by atoms with Crippen LogP contribution in [0.25, 0.3) is 11.1 Å². The minimum atomic E-state index is -0.208. The zero-order valence-corrected chi connectivity index (χ0v) is 15.1. The molecule has 2 aliphatic rings. The number of thioether (sulfide) groups is 2. The Balaban J connectivity index is 1.35. The van der Waals surface area contributed by atoms with Crippen LogP contribution in [0.2, 0.25) is 0 Å². The number of hydrogen-bond acceptors (Lipinski definition) is 6. The van der Waals surface area contributed by atoms with E-state index in [1.165, 1.54) is 23.5 Å². The normalized spacial score (nSPS) is 23.2. The second-order valence-electron chi connectivity index (χ2n) is 6.09. The van der Waals surface area contributed by atoms with Crippen molar-refractivity contribution in [3.05, 3.63) is 24.3 Å². The first-order chi connectivity index (χ1) is 12.2. The number of oxazole rings is 1. The molecule has 1 aliphatic heterocycles. The van der Waals surface area contributed by atoms with Gasteiger partial charge in [0.25, 0.3) is 11.1 Å². The Bertz CT molecular complexity index is 816. The fourth-order valence-electron chi connectivity index (χ4n) is 3.13. The molecule has 130 valence electrons. The van der Waals surface area contributed by atoms with E-state index in [2.05, 4.69) is 15.3 Å². The van der Waals surface area contributed by atoms with Crippen LogP contribution in [-0.4, -0.2) is 33.0 Å². The lowest BCUT2D eigenvalue weighted by Crippen LogP contribution is -2.40. The summed E-state index contributed by atoms with van der Waals surface area (Å²) in [6.45, 7) is 0. The fourth-order valence-corrected chi connectivity index (χ4v) is 5.07. The highest BCUT2D eigenvalue weighted by Gasteiger charge is 2.36. The van der Waals surface area contributed by atoms with E-state index in [9.17, 15) is 9.59 Å². The van der Waals surface area contributed by atoms with Gasteiger partial charge < -0.3 is 9.73 Å². The molecule has 4 rings (SSSR count). The number of carbonyl (C=O) groups is 2. The minimum absolute atomic E-state index is 0.0218. The summed E-state index contributed by atoms with van der Waals surface area (Å²) in [4.78, 5) is 32.7. The molecule has 2 atom stereocenters. The van der Waals surface area contributed by atoms with Crippen LogP contribution in [0.4, 0.5) is 0 Å². The Kier molecular flexibility index (Phi) is 4.80. The Hall–Kier alpha value is -1.80. The number of nitrogens with one attached hydrogen (secondary N) is 1. The summed E-state index contributed by atoms with van der Waals surface area (Å²) in [7, 11) is 0. The maximum atomic E-state index is 12.2. The molecule has 2 amide bonds. The van der Waals surface area contributed by atoms with Gasteiger partial charge in [-0.3, -0.25) is 9.59 Å². The summed E-state index contributed by atoms with van der Waals surface area (Å²) >= 11 is 2.75. The first-order valence-electron chi connectivity index (χ1n) is 8.26. The molecule has 8 heteroatoms. The third-order valence-electron chi connectivity index (χ3n) is 4.34. The first kappa shape index (κ1) is 16.7. The molecule has 0 bridgehead atoms. The van der Waals surface area contributed by atoms with Crippen molar-refractivity contribution in [2.24, 2.45) is 10.9 Å². The van der Waals surface area contributed by atoms with E-state index in [1.54, 1.807) is 0 Å². The Morgan fingerprint density at radius 2 is 2.16 bits per heavy atom. The topological polar surface area (TPSA) is 84.6 Å². The number of benzene rings is 1. The van der Waals surface area contributed by atoms with Crippen molar-refractivity contribution < 1.29 is 14.0 Å². The second kappa shape index (κ2) is 7.21. The molecular formula is C17H17N3O3S2. The molecule has 2 heterocycles. The van der Waals surface area contributed by atoms with Gasteiger partial charge in [0.2, 0.25) is 5.91 Å². The number of aliphatic imine (C=N–C) groups is 1. The lowest BCUT2D eigenvalue weighted by Gasteiger charge is -2.32. The van der Waals surface area contributed by atoms with E-state index < -0.39 is 0 Å². The molecule has 1 aromatic heterocycles. The average Bonchev–Trinajstić information content (AvgIpc) is 3.03. The molecule has 2 unspecified atom stereocenters. The van der Waals surface area contributed by atoms with E-state index in [4.69, 9.17) is 4.42 Å². The van der Waals surface area contributed by atoms with Crippen LogP contribution in [0.3, 0.4) is 0 Å². The highest BCUT2D eigenvalue weighted by atomic mass is 32.2. The highest BCUT2D eigenvalue weighted by molar-refractivity contribution is 8.14. The summed E-state index contributed by atoms with van der Waals surface area (Å²) in [5.74, 6) is -0.117. The zero-order valence-electron chi connectivity index (χ0n) is 13.4. The molecule has 0 radical (unpaired) electrons. The number of amidine groups is 1. The standard InChI is InChI=1S/C17H17N3O3S2/c21-14(9-24-17-18-11-6-2-3-7-12(11)23-17)19-16-20-15(22)10-5-1-4-8-13(10)25-16/h2-3,6-7,10,13H,1,4-5,8-9H2,(H,19,20,21,22). The fraction of sp³-hybridized carbons (Fsp3) is 0.412. The van der Waals surface area contributed by atoms with Crippen molar-refractivity contribution in [1.82, 2.24) is 10.3 Å². The van der Waals surface area contributed by atoms with Crippen LogP contribution in [0.15, 0.2) is 38.9 Å². The SMILES string of the molecule is O=C(CSc1nc2ccccc2o1)NC1=NC(=O)C2CCCCC2S1. The number of carbonyl (C=O) groups excluding carboxylic acids is 2. The third kappa shape index (κ3) is 3.74. The van der Waals surface area contributed by atoms with E-state index >= 15 is 0 Å². The molecule has 0 saturated heterocycles. The maximum absolute atomic E-state index is 12.2. The molecule has 25 heavy (non-hydrogen) atoms. The molecule has 1 aromatic carbocycles. The Morgan fingerprint density at radius 3 is 3.04 bits per heavy atom. The van der Waals surface area contributed by atoms with Crippen molar-refractivity contribution in [2.75, 3.05) is 5.75 Å². The summed E-state index contributed by atoms with van der Waals surface area (Å²) < 4.78 is 5.58. The van der Waals surface area contributed by atoms with Crippen LogP contribution >= 0.6 is 23.5 Å². The van der Waals surface area contributed by atoms with Crippen LogP contribution in [0, 0.1) is 5.92 Å². The Labute approximate surface area is 153 Å². The average molecular weight is 375 g/mol. The first-order valence-corrected chi connectivity index (χ1v) is 10.1. The van der Waals surface area contributed by atoms with Crippen molar-refractivity contribution in [2.45, 2.75) is 36.2 Å². The predicted molar refractivity (Wildman–Crippen MR) is 98.7 cm³/mol. The van der Waals surface area contributed by atoms with Gasteiger partial charge in [0.1, 0.15) is 5.52 Å². The smallest absolute Gasteiger partial charge is 0.257 e. The van der Waals surface area contributed by atoms with Gasteiger partial charge >= 0.3 is 0 Å². The lowest BCUT2D eigenvalue weighted by molar-refractivity contribution is -0.122. The van der Waals surface area contributed by atoms with E-state index in [1.807, 2.05) is 24.3 Å². The number of nitrogens with zero attached hydrogens (tertiary/aromatic N) is 2. The van der Waals surface area contributed by atoms with Gasteiger partial charge in [-0.1, -0.05) is 48.5 Å². The van der Waals surface area contributed by atoms with Gasteiger partial charge in [-0.15, -0.1) is 0 Å². The predicted octanol–water partition coefficient (Wildman–Crippen LogP) is 3.22. The largest absolute Gasteiger partial charge is 0.431 e. The summed E-state index contributed by atoms with van der Waals surface area (Å²) in [6, 6.07) is 7.47. The van der Waals surface area contributed by atoms with Crippen LogP contribution < -0.4 is 5.32 Å². The molecule has 1 aliphatic carbocycles. The molecule has 1 saturated carbocycles. The number of aromatic nitrogens is 1. The molecule has 0 spiro atoms. The van der Waals surface area contributed by atoms with Gasteiger partial charge in [-0.2, -0.15) is 4.99 Å². The minimum Gasteiger partial charge on any atom is -0.431 e. The lowest BCUT2D eigenvalue weighted by atomic mass is 9.88. The van der Waals surface area contributed by atoms with E-state index in [0.717, 1.165) is 31.2 Å². The molecule has 2 aromatic rings. The number of amides is 2. The zero-order chi connectivity index (χ0) is 17.2. The van der Waals surface area contributed by atoms with Crippen molar-refractivity contribution in [3.63, 3.8) is 0 Å². The van der Waals surface area contributed by atoms with Crippen LogP contribution in [0.5, 0.6) is 0 Å². The van der Waals surface area contributed by atoms with Crippen molar-refractivity contribution >= 4 is 51.6 Å². The maximum Gasteiger partial charge on any atom is 0.257 e. The van der Waals surface area contributed by atoms with Crippen molar-refractivity contribution in [1.29, 1.82) is 0 Å². The summed E-state index contributed by atoms with van der Waals surface area (Å²) in [5, 5.41) is 3.88. The second-order valence-corrected chi connectivity index (χ2v) is 8.24. The number of para-hydroxylation sites is 2. The van der Waals surface area contributed by atoms with Gasteiger partial charge in [0.15, 0.2) is 10.8 Å². The van der Waals surface area contributed by atoms with E-state index in [0.29, 0.717) is 16.0 Å². The monoisotopic (exact) mass is 375 g/mol. The Morgan fingerprint density at radius 1 is 1.32 bits per heavy atom. The van der Waals surface area contributed by atoms with Crippen LogP contribution in [0.1, 0.15) is 25.7 Å². The number of hydrogen-bond donors (Lipinski definition) is 1. The van der Waals surface area contributed by atoms with Gasteiger partial charge in [-0.05, 0) is 25.0 Å². The summed E-state index contributed by atoms with van der Waals surface area (Å²) in [6.07, 6.45) is 4.14. The van der Waals surface area contributed by atoms with Gasteiger partial charge in [0.05, 0.1) is 11.7 Å². The van der Waals surface area contributed by atoms with Gasteiger partial charge in [0, 0.05) is 5.25 Å². The third-order valence-corrected chi connectivity index (χ3v) is 6.45. The number of rotatable bonds is 3. The molecular weight excluding hydrogens is 358 g/mol. The summed E-state index contributed by atoms with van der Waals surface area (Å²) in [5.41, 5.74) is 1.47. The molecule has 6 nitrogen and oxygen atoms in total. The quantitative estimate of drug-likeness (QED) is 0.829. The highest BCUT2D eigenvalue weighted by Crippen LogP contribution is 2.37. The van der Waals surface area contributed by atoms with Crippen molar-refractivity contribution in [3.8, 4) is 0 Å². The van der Waals surface area contributed by atoms with Crippen LogP contribution in [-0.2, 0) is 9.59 Å². The van der Waals surface area contributed by atoms with E-state index in [-0.39, 0.29) is 28.7 Å². The number of fused-ring (bicyclic) bond motifs is 2. The molecule has 1 N–H and O–H groups in total.